The monoisotopic (exact) mass is 319 g/mol. The van der Waals surface area contributed by atoms with Gasteiger partial charge in [-0.3, -0.25) is 4.79 Å². The van der Waals surface area contributed by atoms with Crippen molar-refractivity contribution in [3.8, 4) is 6.07 Å². The summed E-state index contributed by atoms with van der Waals surface area (Å²) >= 11 is 12.1. The van der Waals surface area contributed by atoms with Crippen molar-refractivity contribution in [3.05, 3.63) is 67.0 Å². The first-order chi connectivity index (χ1) is 9.95. The maximum Gasteiger partial charge on any atom is 0.289 e. The van der Waals surface area contributed by atoms with E-state index in [0.717, 1.165) is 4.68 Å². The molecule has 2 rings (SSSR count). The number of halogens is 2. The highest BCUT2D eigenvalue weighted by molar-refractivity contribution is 6.38. The minimum Gasteiger partial charge on any atom is -0.266 e. The summed E-state index contributed by atoms with van der Waals surface area (Å²) in [4.78, 5) is 12.2. The van der Waals surface area contributed by atoms with Crippen molar-refractivity contribution < 1.29 is 0 Å². The third kappa shape index (κ3) is 2.99. The largest absolute Gasteiger partial charge is 0.289 e. The Morgan fingerprint density at radius 3 is 2.48 bits per heavy atom. The molecule has 6 heteroatoms. The van der Waals surface area contributed by atoms with E-state index in [2.05, 4.69) is 5.10 Å². The zero-order valence-electron chi connectivity index (χ0n) is 11.4. The standard InChI is InChI=1S/C15H11Cl2N3O/c1-9-6-10(2)20(15(21)11(9)7-18)19-8-12-13(16)4-3-5-14(12)17/h3-6,8H,1-2H3/b19-8+. The Labute approximate surface area is 131 Å². The Kier molecular flexibility index (Phi) is 4.46. The van der Waals surface area contributed by atoms with E-state index in [4.69, 9.17) is 28.5 Å². The second-order valence-electron chi connectivity index (χ2n) is 4.45. The number of hydrogen-bond acceptors (Lipinski definition) is 3. The Morgan fingerprint density at radius 1 is 1.29 bits per heavy atom. The van der Waals surface area contributed by atoms with Gasteiger partial charge in [0.1, 0.15) is 11.6 Å². The summed E-state index contributed by atoms with van der Waals surface area (Å²) in [6, 6.07) is 8.70. The molecule has 0 fully saturated rings. The fraction of sp³-hybridized carbons (Fsp3) is 0.133. The van der Waals surface area contributed by atoms with Crippen LogP contribution in [0, 0.1) is 25.2 Å². The number of nitriles is 1. The molecule has 0 aliphatic heterocycles. The van der Waals surface area contributed by atoms with E-state index in [0.29, 0.717) is 26.9 Å². The average molecular weight is 320 g/mol. The van der Waals surface area contributed by atoms with Crippen LogP contribution in [-0.4, -0.2) is 10.9 Å². The number of benzene rings is 1. The molecule has 0 saturated carbocycles. The molecular formula is C15H11Cl2N3O. The SMILES string of the molecule is Cc1cc(C)n(/N=C/c2c(Cl)cccc2Cl)c(=O)c1C#N. The van der Waals surface area contributed by atoms with Gasteiger partial charge in [-0.1, -0.05) is 29.3 Å². The van der Waals surface area contributed by atoms with Gasteiger partial charge in [0.05, 0.1) is 16.3 Å². The van der Waals surface area contributed by atoms with Crippen molar-refractivity contribution in [3.63, 3.8) is 0 Å². The lowest BCUT2D eigenvalue weighted by molar-refractivity contribution is 0.786. The fourth-order valence-corrected chi connectivity index (χ4v) is 2.41. The van der Waals surface area contributed by atoms with Crippen LogP contribution >= 0.6 is 23.2 Å². The first-order valence-electron chi connectivity index (χ1n) is 6.07. The van der Waals surface area contributed by atoms with Gasteiger partial charge in [0.25, 0.3) is 5.56 Å². The zero-order chi connectivity index (χ0) is 15.6. The van der Waals surface area contributed by atoms with Crippen LogP contribution in [0.3, 0.4) is 0 Å². The van der Waals surface area contributed by atoms with Gasteiger partial charge in [-0.25, -0.2) is 4.68 Å². The normalized spacial score (nSPS) is 10.8. The van der Waals surface area contributed by atoms with Gasteiger partial charge in [0.15, 0.2) is 0 Å². The summed E-state index contributed by atoms with van der Waals surface area (Å²) in [5.74, 6) is 0. The molecule has 4 nitrogen and oxygen atoms in total. The maximum atomic E-state index is 12.2. The second-order valence-corrected chi connectivity index (χ2v) is 5.27. The molecular weight excluding hydrogens is 309 g/mol. The predicted octanol–water partition coefficient (Wildman–Crippen LogP) is 3.53. The van der Waals surface area contributed by atoms with E-state index in [9.17, 15) is 4.79 Å². The van der Waals surface area contributed by atoms with Crippen LogP contribution in [0.1, 0.15) is 22.4 Å². The van der Waals surface area contributed by atoms with Crippen LogP contribution in [-0.2, 0) is 0 Å². The summed E-state index contributed by atoms with van der Waals surface area (Å²) in [6.45, 7) is 3.45. The number of rotatable bonds is 2. The van der Waals surface area contributed by atoms with Gasteiger partial charge >= 0.3 is 0 Å². The van der Waals surface area contributed by atoms with Gasteiger partial charge in [-0.2, -0.15) is 10.4 Å². The molecule has 0 radical (unpaired) electrons. The summed E-state index contributed by atoms with van der Waals surface area (Å²) in [7, 11) is 0. The van der Waals surface area contributed by atoms with E-state index < -0.39 is 5.56 Å². The molecule has 0 aliphatic rings. The van der Waals surface area contributed by atoms with E-state index in [-0.39, 0.29) is 5.56 Å². The molecule has 106 valence electrons. The van der Waals surface area contributed by atoms with E-state index in [1.807, 2.05) is 6.07 Å². The van der Waals surface area contributed by atoms with Gasteiger partial charge in [-0.15, -0.1) is 0 Å². The highest BCUT2D eigenvalue weighted by Gasteiger charge is 2.09. The number of hydrogen-bond donors (Lipinski definition) is 0. The van der Waals surface area contributed by atoms with Crippen molar-refractivity contribution in [1.82, 2.24) is 4.68 Å². The van der Waals surface area contributed by atoms with Crippen LogP contribution in [0.4, 0.5) is 0 Å². The fourth-order valence-electron chi connectivity index (χ4n) is 1.91. The van der Waals surface area contributed by atoms with Crippen LogP contribution in [0.15, 0.2) is 34.2 Å². The predicted molar refractivity (Wildman–Crippen MR) is 84.3 cm³/mol. The minimum atomic E-state index is -0.463. The van der Waals surface area contributed by atoms with Crippen molar-refractivity contribution >= 4 is 29.4 Å². The molecule has 0 saturated heterocycles. The molecule has 21 heavy (non-hydrogen) atoms. The molecule has 1 heterocycles. The van der Waals surface area contributed by atoms with Crippen molar-refractivity contribution in [1.29, 1.82) is 5.26 Å². The molecule has 1 aromatic heterocycles. The van der Waals surface area contributed by atoms with E-state index in [1.165, 1.54) is 6.21 Å². The molecule has 0 aliphatic carbocycles. The van der Waals surface area contributed by atoms with Gasteiger partial charge < -0.3 is 0 Å². The maximum absolute atomic E-state index is 12.2. The average Bonchev–Trinajstić information content (AvgIpc) is 2.41. The summed E-state index contributed by atoms with van der Waals surface area (Å²) in [5.41, 5.74) is 1.38. The molecule has 0 amide bonds. The number of nitrogens with zero attached hydrogens (tertiary/aromatic N) is 3. The third-order valence-corrected chi connectivity index (χ3v) is 3.63. The summed E-state index contributed by atoms with van der Waals surface area (Å²) in [5, 5.41) is 14.0. The van der Waals surface area contributed by atoms with E-state index in [1.54, 1.807) is 38.1 Å². The van der Waals surface area contributed by atoms with Crippen LogP contribution in [0.2, 0.25) is 10.0 Å². The topological polar surface area (TPSA) is 58.1 Å². The van der Waals surface area contributed by atoms with Gasteiger partial charge in [0, 0.05) is 11.3 Å². The highest BCUT2D eigenvalue weighted by Crippen LogP contribution is 2.22. The van der Waals surface area contributed by atoms with Crippen LogP contribution in [0.25, 0.3) is 0 Å². The van der Waals surface area contributed by atoms with Crippen molar-refractivity contribution in [2.45, 2.75) is 13.8 Å². The molecule has 0 N–H and O–H groups in total. The van der Waals surface area contributed by atoms with Gasteiger partial charge in [0.2, 0.25) is 0 Å². The lowest BCUT2D eigenvalue weighted by atomic mass is 10.1. The molecule has 2 aromatic rings. The Hall–Kier alpha value is -2.09. The highest BCUT2D eigenvalue weighted by atomic mass is 35.5. The smallest absolute Gasteiger partial charge is 0.266 e. The summed E-state index contributed by atoms with van der Waals surface area (Å²) < 4.78 is 1.16. The first kappa shape index (κ1) is 15.3. The lowest BCUT2D eigenvalue weighted by Gasteiger charge is -2.07. The molecule has 0 atom stereocenters. The lowest BCUT2D eigenvalue weighted by Crippen LogP contribution is -2.22. The molecule has 1 aromatic carbocycles. The number of aryl methyl sites for hydroxylation is 2. The van der Waals surface area contributed by atoms with Crippen LogP contribution in [0.5, 0.6) is 0 Å². The Bertz CT molecular complexity index is 812. The minimum absolute atomic E-state index is 0.0722. The third-order valence-electron chi connectivity index (χ3n) is 2.97. The number of aromatic nitrogens is 1. The molecule has 0 spiro atoms. The second kappa shape index (κ2) is 6.13. The quantitative estimate of drug-likeness (QED) is 0.795. The summed E-state index contributed by atoms with van der Waals surface area (Å²) in [6.07, 6.45) is 1.41. The first-order valence-corrected chi connectivity index (χ1v) is 6.83. The van der Waals surface area contributed by atoms with Crippen molar-refractivity contribution in [2.75, 3.05) is 0 Å². The number of pyridine rings is 1. The Morgan fingerprint density at radius 2 is 1.90 bits per heavy atom. The zero-order valence-corrected chi connectivity index (χ0v) is 12.9. The van der Waals surface area contributed by atoms with Crippen LogP contribution < -0.4 is 5.56 Å². The van der Waals surface area contributed by atoms with E-state index >= 15 is 0 Å². The van der Waals surface area contributed by atoms with Gasteiger partial charge in [-0.05, 0) is 37.6 Å². The van der Waals surface area contributed by atoms with Crippen molar-refractivity contribution in [2.24, 2.45) is 5.10 Å². The molecule has 0 bridgehead atoms. The molecule has 0 unspecified atom stereocenters. The Balaban J connectivity index is 2.58.